The molecular formula is C18H25N3O3S. The van der Waals surface area contributed by atoms with Gasteiger partial charge in [-0.3, -0.25) is 4.79 Å². The van der Waals surface area contributed by atoms with Gasteiger partial charge >= 0.3 is 0 Å². The van der Waals surface area contributed by atoms with E-state index in [9.17, 15) is 13.2 Å². The number of carbonyl (C=O) groups excluding carboxylic acids is 1. The summed E-state index contributed by atoms with van der Waals surface area (Å²) in [7, 11) is -3.47. The molecule has 1 amide bonds. The first kappa shape index (κ1) is 17.9. The van der Waals surface area contributed by atoms with Crippen molar-refractivity contribution in [1.29, 1.82) is 0 Å². The molecule has 1 aromatic heterocycles. The van der Waals surface area contributed by atoms with Crippen molar-refractivity contribution in [3.05, 3.63) is 36.0 Å². The second-order valence-corrected chi connectivity index (χ2v) is 8.57. The number of aromatic nitrogens is 1. The predicted octanol–water partition coefficient (Wildman–Crippen LogP) is 2.03. The highest BCUT2D eigenvalue weighted by atomic mass is 32.2. The Kier molecular flexibility index (Phi) is 5.44. The molecule has 1 atom stereocenters. The smallest absolute Gasteiger partial charge is 0.241 e. The molecule has 0 spiro atoms. The van der Waals surface area contributed by atoms with E-state index >= 15 is 0 Å². The zero-order chi connectivity index (χ0) is 17.9. The van der Waals surface area contributed by atoms with E-state index in [1.165, 1.54) is 0 Å². The van der Waals surface area contributed by atoms with Crippen LogP contribution >= 0.6 is 0 Å². The molecule has 2 aromatic rings. The van der Waals surface area contributed by atoms with Crippen LogP contribution in [0.3, 0.4) is 0 Å². The van der Waals surface area contributed by atoms with Crippen LogP contribution in [-0.4, -0.2) is 49.1 Å². The van der Waals surface area contributed by atoms with E-state index in [1.807, 2.05) is 30.5 Å². The van der Waals surface area contributed by atoms with E-state index < -0.39 is 16.1 Å². The van der Waals surface area contributed by atoms with Crippen LogP contribution in [0.4, 0.5) is 0 Å². The van der Waals surface area contributed by atoms with Crippen LogP contribution in [0, 0.1) is 0 Å². The Bertz CT molecular complexity index is 838. The molecule has 0 bridgehead atoms. The summed E-state index contributed by atoms with van der Waals surface area (Å²) >= 11 is 0. The van der Waals surface area contributed by atoms with E-state index in [0.29, 0.717) is 19.5 Å². The first-order valence-corrected chi connectivity index (χ1v) is 10.5. The molecule has 1 aromatic carbocycles. The summed E-state index contributed by atoms with van der Waals surface area (Å²) in [6.07, 6.45) is 5.29. The summed E-state index contributed by atoms with van der Waals surface area (Å²) in [5, 5.41) is 1.02. The Labute approximate surface area is 148 Å². The summed E-state index contributed by atoms with van der Waals surface area (Å²) in [5.74, 6) is -0.160. The number of likely N-dealkylation sites (tertiary alicyclic amines) is 1. The van der Waals surface area contributed by atoms with Gasteiger partial charge in [0, 0.05) is 30.2 Å². The number of nitrogens with zero attached hydrogens (tertiary/aromatic N) is 1. The number of para-hydroxylation sites is 1. The quantitative estimate of drug-likeness (QED) is 0.824. The van der Waals surface area contributed by atoms with Gasteiger partial charge in [0.15, 0.2) is 0 Å². The van der Waals surface area contributed by atoms with Gasteiger partial charge in [0.25, 0.3) is 0 Å². The van der Waals surface area contributed by atoms with Gasteiger partial charge in [0.05, 0.1) is 5.75 Å². The topological polar surface area (TPSA) is 82.3 Å². The summed E-state index contributed by atoms with van der Waals surface area (Å²) in [6, 6.07) is 7.08. The summed E-state index contributed by atoms with van der Waals surface area (Å²) in [6.45, 7) is 2.99. The molecule has 3 rings (SSSR count). The molecule has 0 saturated carbocycles. The highest BCUT2D eigenvalue weighted by Gasteiger charge is 2.29. The molecule has 1 saturated heterocycles. The number of piperidine rings is 1. The van der Waals surface area contributed by atoms with Gasteiger partial charge in [-0.25, -0.2) is 13.1 Å². The third kappa shape index (κ3) is 4.22. The number of hydrogen-bond donors (Lipinski definition) is 2. The lowest BCUT2D eigenvalue weighted by Crippen LogP contribution is -2.51. The van der Waals surface area contributed by atoms with Crippen LogP contribution in [0.2, 0.25) is 0 Å². The Morgan fingerprint density at radius 1 is 1.24 bits per heavy atom. The summed E-state index contributed by atoms with van der Waals surface area (Å²) < 4.78 is 26.8. The maximum atomic E-state index is 12.9. The van der Waals surface area contributed by atoms with Crippen molar-refractivity contribution in [3.63, 3.8) is 0 Å². The normalized spacial score (nSPS) is 16.9. The number of carbonyl (C=O) groups is 1. The average Bonchev–Trinajstić information content (AvgIpc) is 3.04. The van der Waals surface area contributed by atoms with Gasteiger partial charge in [-0.1, -0.05) is 18.2 Å². The van der Waals surface area contributed by atoms with Crippen molar-refractivity contribution in [1.82, 2.24) is 14.6 Å². The number of sulfonamides is 1. The van der Waals surface area contributed by atoms with Gasteiger partial charge in [0.2, 0.25) is 15.9 Å². The van der Waals surface area contributed by atoms with E-state index in [-0.39, 0.29) is 11.7 Å². The predicted molar refractivity (Wildman–Crippen MR) is 98.8 cm³/mol. The van der Waals surface area contributed by atoms with Crippen LogP contribution in [-0.2, 0) is 21.2 Å². The molecule has 1 fully saturated rings. The molecule has 0 radical (unpaired) electrons. The van der Waals surface area contributed by atoms with Crippen LogP contribution in [0.15, 0.2) is 30.5 Å². The number of aromatic amines is 1. The number of H-pyrrole nitrogens is 1. The van der Waals surface area contributed by atoms with Crippen molar-refractivity contribution in [2.75, 3.05) is 18.8 Å². The summed E-state index contributed by atoms with van der Waals surface area (Å²) in [4.78, 5) is 17.9. The number of nitrogens with one attached hydrogen (secondary N) is 2. The first-order chi connectivity index (χ1) is 12.0. The number of benzene rings is 1. The van der Waals surface area contributed by atoms with Crippen molar-refractivity contribution < 1.29 is 13.2 Å². The molecule has 6 nitrogen and oxygen atoms in total. The molecule has 7 heteroatoms. The summed E-state index contributed by atoms with van der Waals surface area (Å²) in [5.41, 5.74) is 1.93. The molecule has 2 N–H and O–H groups in total. The van der Waals surface area contributed by atoms with Gasteiger partial charge < -0.3 is 9.88 Å². The lowest BCUT2D eigenvalue weighted by Gasteiger charge is -2.30. The van der Waals surface area contributed by atoms with Crippen LogP contribution in [0.1, 0.15) is 31.7 Å². The zero-order valence-corrected chi connectivity index (χ0v) is 15.3. The van der Waals surface area contributed by atoms with Crippen molar-refractivity contribution in [3.8, 4) is 0 Å². The number of hydrogen-bond acceptors (Lipinski definition) is 3. The zero-order valence-electron chi connectivity index (χ0n) is 14.5. The largest absolute Gasteiger partial charge is 0.361 e. The monoisotopic (exact) mass is 363 g/mol. The molecule has 1 aliphatic rings. The van der Waals surface area contributed by atoms with Gasteiger partial charge in [-0.2, -0.15) is 0 Å². The van der Waals surface area contributed by atoms with Crippen molar-refractivity contribution >= 4 is 26.8 Å². The lowest BCUT2D eigenvalue weighted by atomic mass is 10.0. The highest BCUT2D eigenvalue weighted by molar-refractivity contribution is 7.89. The van der Waals surface area contributed by atoms with Gasteiger partial charge in [-0.05, 0) is 44.2 Å². The second kappa shape index (κ2) is 7.58. The van der Waals surface area contributed by atoms with Crippen LogP contribution in [0.5, 0.6) is 0 Å². The van der Waals surface area contributed by atoms with E-state index in [0.717, 1.165) is 35.7 Å². The fourth-order valence-electron chi connectivity index (χ4n) is 3.33. The van der Waals surface area contributed by atoms with E-state index in [4.69, 9.17) is 0 Å². The average molecular weight is 363 g/mol. The number of amides is 1. The third-order valence-electron chi connectivity index (χ3n) is 4.77. The van der Waals surface area contributed by atoms with E-state index in [1.54, 1.807) is 11.8 Å². The lowest BCUT2D eigenvalue weighted by molar-refractivity contribution is -0.133. The standard InChI is InChI=1S/C18H25N3O3S/c1-2-25(23,24)20-17(18(22)21-10-6-3-7-11-21)12-14-13-19-16-9-5-4-8-15(14)16/h4-5,8-9,13,17,19-20H,2-3,6-7,10-12H2,1H3/t17-/m0/s1. The fourth-order valence-corrected chi connectivity index (χ4v) is 4.12. The Morgan fingerprint density at radius 2 is 1.96 bits per heavy atom. The first-order valence-electron chi connectivity index (χ1n) is 8.84. The maximum Gasteiger partial charge on any atom is 0.241 e. The fraction of sp³-hybridized carbons (Fsp3) is 0.500. The van der Waals surface area contributed by atoms with Gasteiger partial charge in [-0.15, -0.1) is 0 Å². The molecule has 0 unspecified atom stereocenters. The van der Waals surface area contributed by atoms with E-state index in [2.05, 4.69) is 9.71 Å². The van der Waals surface area contributed by atoms with Crippen molar-refractivity contribution in [2.24, 2.45) is 0 Å². The number of fused-ring (bicyclic) bond motifs is 1. The molecule has 136 valence electrons. The minimum Gasteiger partial charge on any atom is -0.361 e. The molecule has 2 heterocycles. The van der Waals surface area contributed by atoms with Crippen LogP contribution in [0.25, 0.3) is 10.9 Å². The third-order valence-corrected chi connectivity index (χ3v) is 6.17. The SMILES string of the molecule is CCS(=O)(=O)N[C@@H](Cc1c[nH]c2ccccc12)C(=O)N1CCCCC1. The van der Waals surface area contributed by atoms with Crippen LogP contribution < -0.4 is 4.72 Å². The van der Waals surface area contributed by atoms with Gasteiger partial charge in [0.1, 0.15) is 6.04 Å². The molecule has 1 aliphatic heterocycles. The second-order valence-electron chi connectivity index (χ2n) is 6.52. The minimum absolute atomic E-state index is 0.0370. The number of rotatable bonds is 6. The molecule has 0 aliphatic carbocycles. The molecular weight excluding hydrogens is 338 g/mol. The maximum absolute atomic E-state index is 12.9. The Balaban J connectivity index is 1.86. The minimum atomic E-state index is -3.47. The highest BCUT2D eigenvalue weighted by Crippen LogP contribution is 2.20. The Hall–Kier alpha value is -1.86. The molecule has 25 heavy (non-hydrogen) atoms. The van der Waals surface area contributed by atoms with Crippen molar-refractivity contribution in [2.45, 2.75) is 38.6 Å². The Morgan fingerprint density at radius 3 is 2.68 bits per heavy atom.